The van der Waals surface area contributed by atoms with Gasteiger partial charge in [0.05, 0.1) is 12.8 Å². The number of hydrogen-bond donors (Lipinski definition) is 0. The Bertz CT molecular complexity index is 683. The van der Waals surface area contributed by atoms with Gasteiger partial charge in [0.25, 0.3) is 0 Å². The molecule has 1 aliphatic carbocycles. The molecule has 0 amide bonds. The van der Waals surface area contributed by atoms with Crippen molar-refractivity contribution in [3.63, 3.8) is 0 Å². The van der Waals surface area contributed by atoms with Gasteiger partial charge in [-0.1, -0.05) is 102 Å². The van der Waals surface area contributed by atoms with Crippen molar-refractivity contribution in [3.05, 3.63) is 29.3 Å². The van der Waals surface area contributed by atoms with E-state index in [4.69, 9.17) is 9.57 Å². The van der Waals surface area contributed by atoms with Gasteiger partial charge < -0.3 is 9.57 Å². The first-order valence-electron chi connectivity index (χ1n) is 13.2. The maximum atomic E-state index is 12.0. The van der Waals surface area contributed by atoms with E-state index >= 15 is 0 Å². The second kappa shape index (κ2) is 16.7. The van der Waals surface area contributed by atoms with Crippen molar-refractivity contribution < 1.29 is 14.4 Å². The molecule has 0 spiro atoms. The van der Waals surface area contributed by atoms with E-state index < -0.39 is 0 Å². The van der Waals surface area contributed by atoms with Gasteiger partial charge in [-0.05, 0) is 43.0 Å². The number of fused-ring (bicyclic) bond motifs is 1. The van der Waals surface area contributed by atoms with E-state index in [1.807, 2.05) is 18.2 Å². The Balaban J connectivity index is 1.41. The lowest BCUT2D eigenvalue weighted by Gasteiger charge is -2.04. The van der Waals surface area contributed by atoms with Crippen molar-refractivity contribution in [1.82, 2.24) is 0 Å². The molecule has 0 heterocycles. The molecule has 1 aliphatic rings. The van der Waals surface area contributed by atoms with Crippen LogP contribution in [0.5, 0.6) is 5.75 Å². The molecule has 0 aliphatic heterocycles. The zero-order valence-electron chi connectivity index (χ0n) is 20.6. The van der Waals surface area contributed by atoms with E-state index in [2.05, 4.69) is 12.1 Å². The Morgan fingerprint density at radius 1 is 0.812 bits per heavy atom. The summed E-state index contributed by atoms with van der Waals surface area (Å²) in [6.07, 6.45) is 22.0. The highest BCUT2D eigenvalue weighted by atomic mass is 16.7. The van der Waals surface area contributed by atoms with Crippen LogP contribution in [-0.2, 0) is 16.1 Å². The number of methoxy groups -OCH3 is 1. The topological polar surface area (TPSA) is 47.9 Å². The normalized spacial score (nSPS) is 14.0. The SMILES string of the molecule is CCCCCCCCCCCCCCCCCC(=O)ON=C1CCc2cc(OC)ccc21. The summed E-state index contributed by atoms with van der Waals surface area (Å²) in [4.78, 5) is 17.2. The van der Waals surface area contributed by atoms with Crippen LogP contribution in [0.15, 0.2) is 23.4 Å². The number of oxime groups is 1. The Morgan fingerprint density at radius 2 is 1.38 bits per heavy atom. The molecular formula is C28H45NO3. The molecule has 0 fully saturated rings. The van der Waals surface area contributed by atoms with Gasteiger partial charge in [0.2, 0.25) is 0 Å². The predicted octanol–water partition coefficient (Wildman–Crippen LogP) is 8.15. The molecule has 0 atom stereocenters. The molecule has 32 heavy (non-hydrogen) atoms. The minimum atomic E-state index is -0.214. The van der Waals surface area contributed by atoms with E-state index in [-0.39, 0.29) is 5.97 Å². The first-order chi connectivity index (χ1) is 15.7. The summed E-state index contributed by atoms with van der Waals surface area (Å²) in [6.45, 7) is 2.28. The van der Waals surface area contributed by atoms with Crippen LogP contribution >= 0.6 is 0 Å². The van der Waals surface area contributed by atoms with Crippen LogP contribution in [-0.4, -0.2) is 18.8 Å². The monoisotopic (exact) mass is 443 g/mol. The van der Waals surface area contributed by atoms with Crippen LogP contribution in [0.25, 0.3) is 0 Å². The molecule has 1 aromatic carbocycles. The largest absolute Gasteiger partial charge is 0.497 e. The van der Waals surface area contributed by atoms with Crippen molar-refractivity contribution in [3.8, 4) is 5.75 Å². The predicted molar refractivity (Wildman–Crippen MR) is 133 cm³/mol. The molecule has 0 saturated carbocycles. The molecule has 0 unspecified atom stereocenters. The van der Waals surface area contributed by atoms with E-state index in [0.29, 0.717) is 6.42 Å². The summed E-state index contributed by atoms with van der Waals surface area (Å²) in [5.41, 5.74) is 3.15. The van der Waals surface area contributed by atoms with Crippen molar-refractivity contribution in [1.29, 1.82) is 0 Å². The third-order valence-electron chi connectivity index (χ3n) is 6.50. The van der Waals surface area contributed by atoms with E-state index in [1.165, 1.54) is 89.0 Å². The van der Waals surface area contributed by atoms with Crippen molar-refractivity contribution in [2.24, 2.45) is 5.16 Å². The molecule has 180 valence electrons. The van der Waals surface area contributed by atoms with Crippen LogP contribution in [0.2, 0.25) is 0 Å². The summed E-state index contributed by atoms with van der Waals surface area (Å²) < 4.78 is 5.27. The first kappa shape index (κ1) is 26.4. The average Bonchev–Trinajstić information content (AvgIpc) is 3.22. The zero-order valence-corrected chi connectivity index (χ0v) is 20.6. The van der Waals surface area contributed by atoms with Crippen LogP contribution in [0.4, 0.5) is 0 Å². The molecule has 4 nitrogen and oxygen atoms in total. The second-order valence-electron chi connectivity index (χ2n) is 9.22. The van der Waals surface area contributed by atoms with Crippen LogP contribution in [0, 0.1) is 0 Å². The number of carbonyl (C=O) groups is 1. The smallest absolute Gasteiger partial charge is 0.335 e. The number of unbranched alkanes of at least 4 members (excludes halogenated alkanes) is 14. The summed E-state index contributed by atoms with van der Waals surface area (Å²) >= 11 is 0. The second-order valence-corrected chi connectivity index (χ2v) is 9.22. The molecule has 0 bridgehead atoms. The number of ether oxygens (including phenoxy) is 1. The lowest BCUT2D eigenvalue weighted by atomic mass is 10.0. The minimum Gasteiger partial charge on any atom is -0.497 e. The van der Waals surface area contributed by atoms with Gasteiger partial charge in [-0.25, -0.2) is 4.79 Å². The molecule has 2 rings (SSSR count). The Kier molecular flexibility index (Phi) is 13.8. The summed E-state index contributed by atoms with van der Waals surface area (Å²) in [5.74, 6) is 0.643. The number of carbonyl (C=O) groups excluding carboxylic acids is 1. The summed E-state index contributed by atoms with van der Waals surface area (Å²) in [5, 5.41) is 4.13. The van der Waals surface area contributed by atoms with Crippen molar-refractivity contribution in [2.75, 3.05) is 7.11 Å². The summed E-state index contributed by atoms with van der Waals surface area (Å²) in [6, 6.07) is 5.97. The number of hydrogen-bond acceptors (Lipinski definition) is 4. The molecule has 0 aromatic heterocycles. The van der Waals surface area contributed by atoms with Gasteiger partial charge in [-0.15, -0.1) is 0 Å². The third-order valence-corrected chi connectivity index (χ3v) is 6.50. The first-order valence-corrected chi connectivity index (χ1v) is 13.2. The highest BCUT2D eigenvalue weighted by Gasteiger charge is 2.19. The lowest BCUT2D eigenvalue weighted by Crippen LogP contribution is -2.03. The van der Waals surface area contributed by atoms with Crippen molar-refractivity contribution >= 4 is 11.7 Å². The maximum absolute atomic E-state index is 12.0. The molecule has 0 radical (unpaired) electrons. The number of benzene rings is 1. The fraction of sp³-hybridized carbons (Fsp3) is 0.714. The van der Waals surface area contributed by atoms with Gasteiger partial charge in [0, 0.05) is 12.0 Å². The molecule has 0 N–H and O–H groups in total. The maximum Gasteiger partial charge on any atom is 0.335 e. The van der Waals surface area contributed by atoms with Crippen molar-refractivity contribution in [2.45, 2.75) is 122 Å². The number of aryl methyl sites for hydroxylation is 1. The van der Waals surface area contributed by atoms with Gasteiger partial charge in [0.15, 0.2) is 0 Å². The Labute approximate surface area is 196 Å². The van der Waals surface area contributed by atoms with Gasteiger partial charge in [0.1, 0.15) is 5.75 Å². The van der Waals surface area contributed by atoms with E-state index in [1.54, 1.807) is 7.11 Å². The minimum absolute atomic E-state index is 0.214. The third kappa shape index (κ3) is 10.7. The molecule has 4 heteroatoms. The van der Waals surface area contributed by atoms with Crippen LogP contribution in [0.1, 0.15) is 127 Å². The fourth-order valence-corrected chi connectivity index (χ4v) is 4.46. The van der Waals surface area contributed by atoms with Gasteiger partial charge in [-0.2, -0.15) is 0 Å². The summed E-state index contributed by atoms with van der Waals surface area (Å²) in [7, 11) is 1.67. The Morgan fingerprint density at radius 3 is 1.94 bits per heavy atom. The fourth-order valence-electron chi connectivity index (χ4n) is 4.46. The Hall–Kier alpha value is -1.84. The number of nitrogens with zero attached hydrogens (tertiary/aromatic N) is 1. The lowest BCUT2D eigenvalue weighted by molar-refractivity contribution is -0.143. The highest BCUT2D eigenvalue weighted by Crippen LogP contribution is 2.26. The van der Waals surface area contributed by atoms with Gasteiger partial charge in [-0.3, -0.25) is 0 Å². The average molecular weight is 444 g/mol. The van der Waals surface area contributed by atoms with Crippen LogP contribution < -0.4 is 4.74 Å². The van der Waals surface area contributed by atoms with Gasteiger partial charge >= 0.3 is 5.97 Å². The molecule has 1 aromatic rings. The van der Waals surface area contributed by atoms with E-state index in [0.717, 1.165) is 42.7 Å². The zero-order chi connectivity index (χ0) is 22.9. The van der Waals surface area contributed by atoms with Crippen LogP contribution in [0.3, 0.4) is 0 Å². The molecular weight excluding hydrogens is 398 g/mol. The van der Waals surface area contributed by atoms with E-state index in [9.17, 15) is 4.79 Å². The standard InChI is InChI=1S/C28H45NO3/c1-3-4-5-6-7-8-9-10-11-12-13-14-15-16-17-18-28(30)32-29-27-22-19-24-23-25(31-2)20-21-26(24)27/h20-21,23H,3-19,22H2,1-2H3. The molecule has 0 saturated heterocycles. The quantitative estimate of drug-likeness (QED) is 0.131. The highest BCUT2D eigenvalue weighted by molar-refractivity contribution is 6.04. The number of rotatable bonds is 18.